The minimum absolute atomic E-state index is 0.0863. The van der Waals surface area contributed by atoms with Gasteiger partial charge in [0.1, 0.15) is 0 Å². The number of likely N-dealkylation sites (tertiary alicyclic amines) is 1. The van der Waals surface area contributed by atoms with Crippen molar-refractivity contribution in [1.82, 2.24) is 4.90 Å². The van der Waals surface area contributed by atoms with E-state index in [2.05, 4.69) is 17.1 Å². The molecule has 1 aliphatic rings. The van der Waals surface area contributed by atoms with Gasteiger partial charge in [-0.1, -0.05) is 30.1 Å². The Morgan fingerprint density at radius 2 is 2.25 bits per heavy atom. The van der Waals surface area contributed by atoms with Gasteiger partial charge in [-0.2, -0.15) is 0 Å². The molecular formula is C14H19Cl2N3O. The van der Waals surface area contributed by atoms with E-state index >= 15 is 0 Å². The van der Waals surface area contributed by atoms with Crippen LogP contribution in [0.2, 0.25) is 10.0 Å². The number of nitrogens with two attached hydrogens (primary N) is 1. The van der Waals surface area contributed by atoms with Crippen LogP contribution >= 0.6 is 23.2 Å². The monoisotopic (exact) mass is 315 g/mol. The van der Waals surface area contributed by atoms with Gasteiger partial charge >= 0.3 is 0 Å². The lowest BCUT2D eigenvalue weighted by Crippen LogP contribution is -2.48. The van der Waals surface area contributed by atoms with Gasteiger partial charge in [-0.25, -0.2) is 0 Å². The first-order chi connectivity index (χ1) is 9.45. The molecule has 1 aromatic rings. The Morgan fingerprint density at radius 3 is 2.95 bits per heavy atom. The first kappa shape index (κ1) is 15.6. The quantitative estimate of drug-likeness (QED) is 0.901. The van der Waals surface area contributed by atoms with Gasteiger partial charge < -0.3 is 11.1 Å². The van der Waals surface area contributed by atoms with Gasteiger partial charge in [0.15, 0.2) is 0 Å². The van der Waals surface area contributed by atoms with Crippen LogP contribution in [0, 0.1) is 5.92 Å². The summed E-state index contributed by atoms with van der Waals surface area (Å²) in [5.41, 5.74) is 6.52. The number of hydrogen-bond donors (Lipinski definition) is 2. The summed E-state index contributed by atoms with van der Waals surface area (Å²) in [6.07, 6.45) is 0.923. The molecule has 1 heterocycles. The molecule has 2 rings (SSSR count). The molecule has 110 valence electrons. The number of amides is 1. The maximum absolute atomic E-state index is 12.0. The van der Waals surface area contributed by atoms with Crippen molar-refractivity contribution in [2.75, 3.05) is 25.0 Å². The standard InChI is InChI=1S/C14H19Cl2N3O/c1-9-7-19(5-4-12(9)17)8-14(20)18-13-6-10(15)2-3-11(13)16/h2-3,6,9,12H,4-5,7-8,17H2,1H3,(H,18,20). The van der Waals surface area contributed by atoms with Gasteiger partial charge in [0.05, 0.1) is 17.3 Å². The summed E-state index contributed by atoms with van der Waals surface area (Å²) in [5, 5.41) is 3.82. The van der Waals surface area contributed by atoms with E-state index < -0.39 is 0 Å². The molecule has 0 radical (unpaired) electrons. The van der Waals surface area contributed by atoms with Crippen molar-refractivity contribution in [1.29, 1.82) is 0 Å². The zero-order valence-corrected chi connectivity index (χ0v) is 12.9. The van der Waals surface area contributed by atoms with Crippen molar-refractivity contribution in [2.24, 2.45) is 11.7 Å². The highest BCUT2D eigenvalue weighted by atomic mass is 35.5. The maximum atomic E-state index is 12.0. The molecule has 6 heteroatoms. The molecule has 2 unspecified atom stereocenters. The first-order valence-electron chi connectivity index (χ1n) is 6.68. The number of nitrogens with one attached hydrogen (secondary N) is 1. The molecule has 4 nitrogen and oxygen atoms in total. The third-order valence-electron chi connectivity index (χ3n) is 3.63. The van der Waals surface area contributed by atoms with Gasteiger partial charge in [0.2, 0.25) is 5.91 Å². The third kappa shape index (κ3) is 4.09. The molecule has 0 aromatic heterocycles. The Hall–Kier alpha value is -0.810. The van der Waals surface area contributed by atoms with Crippen LogP contribution in [0.5, 0.6) is 0 Å². The fraction of sp³-hybridized carbons (Fsp3) is 0.500. The molecule has 0 saturated carbocycles. The molecule has 0 spiro atoms. The third-order valence-corrected chi connectivity index (χ3v) is 4.19. The van der Waals surface area contributed by atoms with Crippen LogP contribution in [-0.2, 0) is 4.79 Å². The number of carbonyl (C=O) groups is 1. The molecule has 1 amide bonds. The highest BCUT2D eigenvalue weighted by molar-refractivity contribution is 6.35. The lowest BCUT2D eigenvalue weighted by Gasteiger charge is -2.34. The van der Waals surface area contributed by atoms with Crippen LogP contribution in [0.1, 0.15) is 13.3 Å². The summed E-state index contributed by atoms with van der Waals surface area (Å²) in [6, 6.07) is 5.24. The van der Waals surface area contributed by atoms with Crippen molar-refractivity contribution in [3.8, 4) is 0 Å². The Kier molecular flexibility index (Phi) is 5.27. The molecule has 1 fully saturated rings. The molecule has 1 saturated heterocycles. The number of piperidine rings is 1. The summed E-state index contributed by atoms with van der Waals surface area (Å²) < 4.78 is 0. The van der Waals surface area contributed by atoms with E-state index in [-0.39, 0.29) is 11.9 Å². The van der Waals surface area contributed by atoms with Crippen LogP contribution in [0.3, 0.4) is 0 Å². The Balaban J connectivity index is 1.91. The van der Waals surface area contributed by atoms with Gasteiger partial charge in [0.25, 0.3) is 0 Å². The van der Waals surface area contributed by atoms with Gasteiger partial charge in [-0.3, -0.25) is 9.69 Å². The van der Waals surface area contributed by atoms with E-state index in [1.54, 1.807) is 18.2 Å². The second-order valence-electron chi connectivity index (χ2n) is 5.34. The lowest BCUT2D eigenvalue weighted by molar-refractivity contribution is -0.117. The zero-order chi connectivity index (χ0) is 14.7. The Labute approximate surface area is 129 Å². The van der Waals surface area contributed by atoms with Crippen molar-refractivity contribution >= 4 is 34.8 Å². The molecule has 1 aliphatic heterocycles. The molecule has 1 aromatic carbocycles. The summed E-state index contributed by atoms with van der Waals surface area (Å²) in [6.45, 7) is 4.16. The lowest BCUT2D eigenvalue weighted by atomic mass is 9.95. The molecular weight excluding hydrogens is 297 g/mol. The zero-order valence-electron chi connectivity index (χ0n) is 11.4. The second kappa shape index (κ2) is 6.76. The number of halogens is 2. The van der Waals surface area contributed by atoms with E-state index in [0.29, 0.717) is 28.2 Å². The molecule has 2 atom stereocenters. The van der Waals surface area contributed by atoms with Crippen molar-refractivity contribution in [2.45, 2.75) is 19.4 Å². The first-order valence-corrected chi connectivity index (χ1v) is 7.44. The van der Waals surface area contributed by atoms with Gasteiger partial charge in [-0.05, 0) is 30.5 Å². The highest BCUT2D eigenvalue weighted by Gasteiger charge is 2.24. The van der Waals surface area contributed by atoms with Crippen LogP contribution in [0.25, 0.3) is 0 Å². The fourth-order valence-electron chi connectivity index (χ4n) is 2.38. The second-order valence-corrected chi connectivity index (χ2v) is 6.18. The SMILES string of the molecule is CC1CN(CC(=O)Nc2cc(Cl)ccc2Cl)CCC1N. The number of benzene rings is 1. The highest BCUT2D eigenvalue weighted by Crippen LogP contribution is 2.25. The van der Waals surface area contributed by atoms with Crippen LogP contribution < -0.4 is 11.1 Å². The normalized spacial score (nSPS) is 23.6. The average molecular weight is 316 g/mol. The van der Waals surface area contributed by atoms with Crippen molar-refractivity contribution in [3.63, 3.8) is 0 Å². The van der Waals surface area contributed by atoms with E-state index in [0.717, 1.165) is 19.5 Å². The van der Waals surface area contributed by atoms with Crippen LogP contribution in [-0.4, -0.2) is 36.5 Å². The summed E-state index contributed by atoms with van der Waals surface area (Å²) in [4.78, 5) is 14.2. The maximum Gasteiger partial charge on any atom is 0.238 e. The summed E-state index contributed by atoms with van der Waals surface area (Å²) >= 11 is 11.9. The van der Waals surface area contributed by atoms with E-state index in [1.165, 1.54) is 0 Å². The number of hydrogen-bond acceptors (Lipinski definition) is 3. The predicted octanol–water partition coefficient (Wildman–Crippen LogP) is 2.60. The van der Waals surface area contributed by atoms with E-state index in [1.807, 2.05) is 0 Å². The smallest absolute Gasteiger partial charge is 0.238 e. The van der Waals surface area contributed by atoms with E-state index in [4.69, 9.17) is 28.9 Å². The number of nitrogens with zero attached hydrogens (tertiary/aromatic N) is 1. The molecule has 20 heavy (non-hydrogen) atoms. The van der Waals surface area contributed by atoms with E-state index in [9.17, 15) is 4.79 Å². The number of rotatable bonds is 3. The number of carbonyl (C=O) groups excluding carboxylic acids is 1. The minimum Gasteiger partial charge on any atom is -0.327 e. The Bertz CT molecular complexity index is 495. The topological polar surface area (TPSA) is 58.4 Å². The molecule has 0 bridgehead atoms. The van der Waals surface area contributed by atoms with Gasteiger partial charge in [-0.15, -0.1) is 0 Å². The van der Waals surface area contributed by atoms with Crippen molar-refractivity contribution < 1.29 is 4.79 Å². The molecule has 0 aliphatic carbocycles. The van der Waals surface area contributed by atoms with Gasteiger partial charge in [0, 0.05) is 24.2 Å². The van der Waals surface area contributed by atoms with Crippen LogP contribution in [0.4, 0.5) is 5.69 Å². The predicted molar refractivity (Wildman–Crippen MR) is 83.3 cm³/mol. The largest absolute Gasteiger partial charge is 0.327 e. The summed E-state index contributed by atoms with van der Waals surface area (Å²) in [5.74, 6) is 0.322. The average Bonchev–Trinajstić information content (AvgIpc) is 2.38. The minimum atomic E-state index is -0.0863. The Morgan fingerprint density at radius 1 is 1.50 bits per heavy atom. The van der Waals surface area contributed by atoms with Crippen LogP contribution in [0.15, 0.2) is 18.2 Å². The molecule has 3 N–H and O–H groups in total. The fourth-order valence-corrected chi connectivity index (χ4v) is 2.72. The van der Waals surface area contributed by atoms with Crippen molar-refractivity contribution in [3.05, 3.63) is 28.2 Å². The number of anilines is 1. The summed E-state index contributed by atoms with van der Waals surface area (Å²) in [7, 11) is 0.